The maximum absolute atomic E-state index is 4.27. The molecule has 0 saturated carbocycles. The lowest BCUT2D eigenvalue weighted by Gasteiger charge is -2.25. The minimum atomic E-state index is 1.11. The highest BCUT2D eigenvalue weighted by Crippen LogP contribution is 2.41. The SMILES string of the molecule is c1ccc(N(c2ccccc2)c2ccc(-c3ccc4c(c3)c3cc(-c5ccc6c(c5)c5cc(-c7ccncc7)ccc5n6-c5ccccc5)ccc3n4-c3ccccc3)cc2)cc1. The molecule has 4 nitrogen and oxygen atoms in total. The van der Waals surface area contributed by atoms with Crippen LogP contribution in [0.5, 0.6) is 0 Å². The summed E-state index contributed by atoms with van der Waals surface area (Å²) in [4.78, 5) is 6.58. The van der Waals surface area contributed by atoms with Crippen LogP contribution in [0.4, 0.5) is 17.1 Å². The molecule has 0 unspecified atom stereocenters. The van der Waals surface area contributed by atoms with E-state index in [4.69, 9.17) is 0 Å². The molecule has 63 heavy (non-hydrogen) atoms. The van der Waals surface area contributed by atoms with Crippen LogP contribution in [-0.2, 0) is 0 Å². The predicted octanol–water partition coefficient (Wildman–Crippen LogP) is 15.7. The Morgan fingerprint density at radius 2 is 0.571 bits per heavy atom. The van der Waals surface area contributed by atoms with Crippen LogP contribution in [0.15, 0.2) is 243 Å². The van der Waals surface area contributed by atoms with Crippen LogP contribution in [0.3, 0.4) is 0 Å². The number of rotatable bonds is 8. The molecule has 12 aromatic rings. The van der Waals surface area contributed by atoms with E-state index in [9.17, 15) is 0 Å². The molecule has 0 atom stereocenters. The number of benzene rings is 9. The fourth-order valence-corrected chi connectivity index (χ4v) is 9.42. The van der Waals surface area contributed by atoms with Crippen molar-refractivity contribution in [3.63, 3.8) is 0 Å². The van der Waals surface area contributed by atoms with Crippen LogP contribution in [0.2, 0.25) is 0 Å². The van der Waals surface area contributed by atoms with Crippen LogP contribution < -0.4 is 4.90 Å². The molecule has 0 N–H and O–H groups in total. The van der Waals surface area contributed by atoms with E-state index in [0.29, 0.717) is 0 Å². The maximum atomic E-state index is 4.27. The van der Waals surface area contributed by atoms with Gasteiger partial charge in [-0.3, -0.25) is 4.98 Å². The molecule has 0 bridgehead atoms. The molecule has 0 saturated heterocycles. The summed E-state index contributed by atoms with van der Waals surface area (Å²) in [5.41, 5.74) is 17.4. The number of nitrogens with zero attached hydrogens (tertiary/aromatic N) is 4. The lowest BCUT2D eigenvalue weighted by atomic mass is 9.98. The van der Waals surface area contributed by atoms with E-state index in [1.165, 1.54) is 71.4 Å². The average molecular weight is 805 g/mol. The molecule has 4 heteroatoms. The van der Waals surface area contributed by atoms with E-state index in [1.807, 2.05) is 12.4 Å². The Bertz CT molecular complexity index is 3540. The van der Waals surface area contributed by atoms with Gasteiger partial charge >= 0.3 is 0 Å². The van der Waals surface area contributed by atoms with E-state index in [1.54, 1.807) is 0 Å². The number of hydrogen-bond donors (Lipinski definition) is 0. The average Bonchev–Trinajstić information content (AvgIpc) is 3.87. The zero-order valence-electron chi connectivity index (χ0n) is 34.4. The highest BCUT2D eigenvalue weighted by molar-refractivity contribution is 6.14. The largest absolute Gasteiger partial charge is 0.311 e. The molecule has 3 aromatic heterocycles. The smallest absolute Gasteiger partial charge is 0.0541 e. The lowest BCUT2D eigenvalue weighted by molar-refractivity contribution is 1.18. The zero-order valence-corrected chi connectivity index (χ0v) is 34.4. The summed E-state index contributed by atoms with van der Waals surface area (Å²) in [7, 11) is 0. The summed E-state index contributed by atoms with van der Waals surface area (Å²) < 4.78 is 4.78. The minimum absolute atomic E-state index is 1.11. The number of para-hydroxylation sites is 4. The normalized spacial score (nSPS) is 11.5. The van der Waals surface area contributed by atoms with Gasteiger partial charge in [0.1, 0.15) is 0 Å². The van der Waals surface area contributed by atoms with Crippen LogP contribution in [0, 0.1) is 0 Å². The molecular weight excluding hydrogens is 765 g/mol. The Morgan fingerprint density at radius 1 is 0.270 bits per heavy atom. The van der Waals surface area contributed by atoms with Gasteiger partial charge in [0.25, 0.3) is 0 Å². The third kappa shape index (κ3) is 6.36. The molecular formula is C59H40N4. The van der Waals surface area contributed by atoms with Crippen molar-refractivity contribution in [2.45, 2.75) is 0 Å². The van der Waals surface area contributed by atoms with Crippen LogP contribution in [0.25, 0.3) is 88.4 Å². The van der Waals surface area contributed by atoms with Gasteiger partial charge in [-0.1, -0.05) is 109 Å². The second kappa shape index (κ2) is 15.2. The maximum Gasteiger partial charge on any atom is 0.0541 e. The van der Waals surface area contributed by atoms with Crippen molar-refractivity contribution in [1.29, 1.82) is 0 Å². The molecule has 0 fully saturated rings. The van der Waals surface area contributed by atoms with E-state index in [2.05, 4.69) is 250 Å². The Hall–Kier alpha value is -8.47. The van der Waals surface area contributed by atoms with Crippen LogP contribution in [0.1, 0.15) is 0 Å². The van der Waals surface area contributed by atoms with E-state index < -0.39 is 0 Å². The summed E-state index contributed by atoms with van der Waals surface area (Å²) in [6, 6.07) is 83.3. The number of pyridine rings is 1. The molecule has 0 aliphatic carbocycles. The highest BCUT2D eigenvalue weighted by Gasteiger charge is 2.18. The van der Waals surface area contributed by atoms with E-state index in [-0.39, 0.29) is 0 Å². The van der Waals surface area contributed by atoms with Gasteiger partial charge in [-0.25, -0.2) is 0 Å². The molecule has 9 aromatic carbocycles. The Labute approximate surface area is 365 Å². The molecule has 0 aliphatic rings. The third-order valence-electron chi connectivity index (χ3n) is 12.4. The zero-order chi connectivity index (χ0) is 41.7. The number of anilines is 3. The molecule has 3 heterocycles. The van der Waals surface area contributed by atoms with Gasteiger partial charge in [0.15, 0.2) is 0 Å². The van der Waals surface area contributed by atoms with Crippen molar-refractivity contribution in [2.75, 3.05) is 4.90 Å². The molecule has 296 valence electrons. The Balaban J connectivity index is 1.00. The fourth-order valence-electron chi connectivity index (χ4n) is 9.42. The van der Waals surface area contributed by atoms with Gasteiger partial charge in [0.2, 0.25) is 0 Å². The summed E-state index contributed by atoms with van der Waals surface area (Å²) in [6.45, 7) is 0. The van der Waals surface area contributed by atoms with Crippen molar-refractivity contribution in [3.05, 3.63) is 243 Å². The summed E-state index contributed by atoms with van der Waals surface area (Å²) in [5, 5.41) is 4.88. The van der Waals surface area contributed by atoms with Crippen LogP contribution >= 0.6 is 0 Å². The van der Waals surface area contributed by atoms with E-state index >= 15 is 0 Å². The van der Waals surface area contributed by atoms with Gasteiger partial charge in [0, 0.05) is 62.4 Å². The fraction of sp³-hybridized carbons (Fsp3) is 0. The first-order chi connectivity index (χ1) is 31.2. The van der Waals surface area contributed by atoms with Gasteiger partial charge in [-0.2, -0.15) is 0 Å². The number of aromatic nitrogens is 3. The number of fused-ring (bicyclic) bond motifs is 6. The number of hydrogen-bond acceptors (Lipinski definition) is 2. The second-order valence-electron chi connectivity index (χ2n) is 16.1. The molecule has 0 spiro atoms. The topological polar surface area (TPSA) is 26.0 Å². The molecule has 0 amide bonds. The molecule has 0 radical (unpaired) electrons. The highest BCUT2D eigenvalue weighted by atomic mass is 15.1. The predicted molar refractivity (Wildman–Crippen MR) is 264 cm³/mol. The van der Waals surface area contributed by atoms with Gasteiger partial charge in [0.05, 0.1) is 22.1 Å². The van der Waals surface area contributed by atoms with E-state index in [0.717, 1.165) is 34.0 Å². The summed E-state index contributed by atoms with van der Waals surface area (Å²) in [6.07, 6.45) is 3.72. The monoisotopic (exact) mass is 804 g/mol. The molecule has 12 rings (SSSR count). The van der Waals surface area contributed by atoms with Gasteiger partial charge in [-0.15, -0.1) is 0 Å². The summed E-state index contributed by atoms with van der Waals surface area (Å²) >= 11 is 0. The Kier molecular flexibility index (Phi) is 8.79. The standard InChI is InChI=1S/C59H40N4/c1-5-13-47(14-6-1)61(48-15-7-2-8-16-48)51-27-21-41(22-28-51)43-23-29-56-52(37-43)54-39-45(25-31-58(54)62(56)49-17-9-3-10-18-49)46-26-32-59-55(40-46)53-38-44(42-33-35-60-36-34-42)24-30-57(53)63(59)50-19-11-4-12-20-50/h1-40H. The first-order valence-corrected chi connectivity index (χ1v) is 21.4. The first-order valence-electron chi connectivity index (χ1n) is 21.4. The summed E-state index contributed by atoms with van der Waals surface area (Å²) in [5.74, 6) is 0. The van der Waals surface area contributed by atoms with Crippen molar-refractivity contribution in [2.24, 2.45) is 0 Å². The second-order valence-corrected chi connectivity index (χ2v) is 16.1. The lowest BCUT2D eigenvalue weighted by Crippen LogP contribution is -2.09. The minimum Gasteiger partial charge on any atom is -0.311 e. The van der Waals surface area contributed by atoms with Crippen molar-refractivity contribution < 1.29 is 0 Å². The quantitative estimate of drug-likeness (QED) is 0.153. The Morgan fingerprint density at radius 3 is 0.952 bits per heavy atom. The van der Waals surface area contributed by atoms with Crippen molar-refractivity contribution >= 4 is 60.7 Å². The third-order valence-corrected chi connectivity index (χ3v) is 12.4. The van der Waals surface area contributed by atoms with Crippen molar-refractivity contribution in [1.82, 2.24) is 14.1 Å². The van der Waals surface area contributed by atoms with Gasteiger partial charge in [-0.05, 0) is 155 Å². The van der Waals surface area contributed by atoms with Crippen LogP contribution in [-0.4, -0.2) is 14.1 Å². The first kappa shape index (κ1) is 36.4. The van der Waals surface area contributed by atoms with Gasteiger partial charge < -0.3 is 14.0 Å². The van der Waals surface area contributed by atoms with Crippen molar-refractivity contribution in [3.8, 4) is 44.8 Å². The molecule has 0 aliphatic heterocycles.